The van der Waals surface area contributed by atoms with Crippen LogP contribution < -0.4 is 5.32 Å². The van der Waals surface area contributed by atoms with Crippen molar-refractivity contribution in [2.75, 3.05) is 6.61 Å². The first-order valence-electron chi connectivity index (χ1n) is 9.93. The first-order chi connectivity index (χ1) is 13.0. The lowest BCUT2D eigenvalue weighted by atomic mass is 9.53. The summed E-state index contributed by atoms with van der Waals surface area (Å²) >= 11 is 0. The van der Waals surface area contributed by atoms with Crippen LogP contribution in [0, 0.1) is 23.7 Å². The molecule has 4 saturated carbocycles. The summed E-state index contributed by atoms with van der Waals surface area (Å²) in [6.07, 6.45) is 1.11. The zero-order valence-electron chi connectivity index (χ0n) is 15.6. The van der Waals surface area contributed by atoms with Gasteiger partial charge >= 0.3 is 6.18 Å². The molecule has 6 fully saturated rings. The number of ketones is 1. The molecular formula is C19H23F3N2O4. The van der Waals surface area contributed by atoms with Gasteiger partial charge in [0.25, 0.3) is 0 Å². The van der Waals surface area contributed by atoms with Crippen LogP contribution in [0.5, 0.6) is 0 Å². The molecule has 0 spiro atoms. The molecule has 2 aliphatic heterocycles. The van der Waals surface area contributed by atoms with E-state index in [9.17, 15) is 27.6 Å². The molecule has 0 aromatic carbocycles. The maximum atomic E-state index is 13.5. The first-order valence-corrected chi connectivity index (χ1v) is 9.93. The van der Waals surface area contributed by atoms with Crippen molar-refractivity contribution in [3.05, 3.63) is 0 Å². The number of carbonyl (C=O) groups is 3. The first kappa shape index (κ1) is 18.4. The zero-order valence-corrected chi connectivity index (χ0v) is 15.6. The van der Waals surface area contributed by atoms with E-state index >= 15 is 0 Å². The number of hydrogen-bond acceptors (Lipinski definition) is 4. The molecule has 6 rings (SSSR count). The fraction of sp³-hybridized carbons (Fsp3) is 0.842. The number of fused-ring (bicyclic) bond motifs is 1. The Labute approximate surface area is 160 Å². The number of Topliss-reactive ketones (excluding diaryl/α,β-unsaturated/α-hetero) is 1. The average molecular weight is 400 g/mol. The molecule has 0 aromatic heterocycles. The summed E-state index contributed by atoms with van der Waals surface area (Å²) in [6, 6.07) is -1.36. The summed E-state index contributed by atoms with van der Waals surface area (Å²) in [5.74, 6) is -2.70. The highest BCUT2D eigenvalue weighted by Gasteiger charge is 2.70. The van der Waals surface area contributed by atoms with Crippen molar-refractivity contribution in [2.24, 2.45) is 23.7 Å². The Balaban J connectivity index is 1.38. The molecule has 3 atom stereocenters. The minimum absolute atomic E-state index is 0.413. The number of nitrogens with zero attached hydrogens (tertiary/aromatic N) is 1. The molecule has 3 unspecified atom stereocenters. The third kappa shape index (κ3) is 2.34. The van der Waals surface area contributed by atoms with E-state index in [1.54, 1.807) is 0 Å². The average Bonchev–Trinajstić information content (AvgIpc) is 3.03. The second-order valence-electron chi connectivity index (χ2n) is 9.54. The van der Waals surface area contributed by atoms with Gasteiger partial charge in [-0.2, -0.15) is 13.2 Å². The van der Waals surface area contributed by atoms with Crippen molar-refractivity contribution in [3.8, 4) is 0 Å². The van der Waals surface area contributed by atoms with E-state index in [2.05, 4.69) is 5.32 Å². The van der Waals surface area contributed by atoms with E-state index in [0.29, 0.717) is 22.7 Å². The molecule has 154 valence electrons. The van der Waals surface area contributed by atoms with Gasteiger partial charge in [0.2, 0.25) is 17.5 Å². The van der Waals surface area contributed by atoms with Crippen LogP contribution in [0.1, 0.15) is 45.4 Å². The number of halogens is 3. The number of nitrogens with one attached hydrogen (secondary N) is 1. The molecule has 2 amide bonds. The van der Waals surface area contributed by atoms with Crippen molar-refractivity contribution in [1.29, 1.82) is 0 Å². The third-order valence-corrected chi connectivity index (χ3v) is 7.61. The number of alkyl halides is 3. The van der Waals surface area contributed by atoms with E-state index in [4.69, 9.17) is 4.74 Å². The molecule has 9 heteroatoms. The van der Waals surface area contributed by atoms with Crippen molar-refractivity contribution >= 4 is 17.6 Å². The zero-order chi connectivity index (χ0) is 20.1. The van der Waals surface area contributed by atoms with E-state index < -0.39 is 53.6 Å². The molecule has 4 aliphatic carbocycles. The van der Waals surface area contributed by atoms with Gasteiger partial charge in [0, 0.05) is 5.54 Å². The highest BCUT2D eigenvalue weighted by Crippen LogP contribution is 2.56. The van der Waals surface area contributed by atoms with Gasteiger partial charge in [0.05, 0.1) is 6.61 Å². The summed E-state index contributed by atoms with van der Waals surface area (Å²) in [5.41, 5.74) is -3.29. The largest absolute Gasteiger partial charge is 0.436 e. The van der Waals surface area contributed by atoms with Gasteiger partial charge < -0.3 is 10.1 Å². The number of hydrogen-bond donors (Lipinski definition) is 1. The number of ether oxygens (including phenoxy) is 1. The Morgan fingerprint density at radius 1 is 1.11 bits per heavy atom. The van der Waals surface area contributed by atoms with Gasteiger partial charge in [-0.25, -0.2) is 0 Å². The van der Waals surface area contributed by atoms with Crippen LogP contribution in [0.25, 0.3) is 0 Å². The van der Waals surface area contributed by atoms with Crippen molar-refractivity contribution < 1.29 is 32.3 Å². The molecule has 1 N–H and O–H groups in total. The van der Waals surface area contributed by atoms with Gasteiger partial charge in [0.15, 0.2) is 11.7 Å². The number of rotatable bonds is 2. The highest BCUT2D eigenvalue weighted by atomic mass is 19.4. The quantitative estimate of drug-likeness (QED) is 0.717. The lowest BCUT2D eigenvalue weighted by Crippen LogP contribution is -2.62. The second kappa shape index (κ2) is 5.49. The predicted octanol–water partition coefficient (Wildman–Crippen LogP) is 1.78. The SMILES string of the molecule is CC1(C(F)(F)F)OCC2C(=O)C(C(=O)NC34CC5CC(CC(C5)C3)C4)C(=O)N21. The molecule has 4 bridgehead atoms. The van der Waals surface area contributed by atoms with Gasteiger partial charge in [0.1, 0.15) is 6.04 Å². The maximum absolute atomic E-state index is 13.5. The van der Waals surface area contributed by atoms with Crippen LogP contribution in [-0.4, -0.2) is 52.6 Å². The monoisotopic (exact) mass is 400 g/mol. The molecular weight excluding hydrogens is 377 g/mol. The molecule has 0 radical (unpaired) electrons. The van der Waals surface area contributed by atoms with Gasteiger partial charge in [-0.3, -0.25) is 19.3 Å². The fourth-order valence-electron chi connectivity index (χ4n) is 6.77. The Morgan fingerprint density at radius 2 is 1.64 bits per heavy atom. The lowest BCUT2D eigenvalue weighted by Gasteiger charge is -2.57. The summed E-state index contributed by atoms with van der Waals surface area (Å²) in [7, 11) is 0. The van der Waals surface area contributed by atoms with Crippen molar-refractivity contribution in [2.45, 2.75) is 68.9 Å². The van der Waals surface area contributed by atoms with E-state index in [1.807, 2.05) is 0 Å². The summed E-state index contributed by atoms with van der Waals surface area (Å²) in [5, 5.41) is 2.95. The molecule has 28 heavy (non-hydrogen) atoms. The second-order valence-corrected chi connectivity index (χ2v) is 9.54. The molecule has 6 aliphatic rings. The Kier molecular flexibility index (Phi) is 3.61. The fourth-order valence-corrected chi connectivity index (χ4v) is 6.77. The van der Waals surface area contributed by atoms with E-state index in [-0.39, 0.29) is 0 Å². The minimum Gasteiger partial charge on any atom is -0.350 e. The van der Waals surface area contributed by atoms with Crippen molar-refractivity contribution in [1.82, 2.24) is 10.2 Å². The van der Waals surface area contributed by atoms with Crippen LogP contribution in [0.15, 0.2) is 0 Å². The lowest BCUT2D eigenvalue weighted by molar-refractivity contribution is -0.291. The van der Waals surface area contributed by atoms with Crippen LogP contribution >= 0.6 is 0 Å². The molecule has 2 saturated heterocycles. The minimum atomic E-state index is -4.86. The maximum Gasteiger partial charge on any atom is 0.436 e. The summed E-state index contributed by atoms with van der Waals surface area (Å²) < 4.78 is 45.2. The van der Waals surface area contributed by atoms with Crippen LogP contribution in [0.3, 0.4) is 0 Å². The number of amides is 2. The standard InChI is InChI=1S/C19H23F3N2O4/c1-17(19(20,21)22)24-12(8-28-17)14(25)13(16(24)27)15(26)23-18-5-9-2-10(6-18)4-11(3-9)7-18/h9-13H,2-8H2,1H3,(H,23,26). The van der Waals surface area contributed by atoms with E-state index in [1.165, 1.54) is 0 Å². The number of carbonyl (C=O) groups excluding carboxylic acids is 3. The van der Waals surface area contributed by atoms with Crippen LogP contribution in [-0.2, 0) is 19.1 Å². The summed E-state index contributed by atoms with van der Waals surface area (Å²) in [6.45, 7) is 0.194. The Morgan fingerprint density at radius 3 is 2.14 bits per heavy atom. The van der Waals surface area contributed by atoms with Crippen molar-refractivity contribution in [3.63, 3.8) is 0 Å². The Hall–Kier alpha value is -1.64. The predicted molar refractivity (Wildman–Crippen MR) is 88.6 cm³/mol. The van der Waals surface area contributed by atoms with Gasteiger partial charge in [-0.05, 0) is 63.2 Å². The van der Waals surface area contributed by atoms with Gasteiger partial charge in [-0.1, -0.05) is 0 Å². The topological polar surface area (TPSA) is 75.7 Å². The molecule has 0 aromatic rings. The van der Waals surface area contributed by atoms with Gasteiger partial charge in [-0.15, -0.1) is 0 Å². The van der Waals surface area contributed by atoms with Crippen LogP contribution in [0.4, 0.5) is 13.2 Å². The highest BCUT2D eigenvalue weighted by molar-refractivity contribution is 6.24. The van der Waals surface area contributed by atoms with E-state index in [0.717, 1.165) is 45.4 Å². The molecule has 6 nitrogen and oxygen atoms in total. The molecule has 2 heterocycles. The smallest absolute Gasteiger partial charge is 0.350 e. The normalized spacial score (nSPS) is 47.0. The van der Waals surface area contributed by atoms with Crippen LogP contribution in [0.2, 0.25) is 0 Å². The summed E-state index contributed by atoms with van der Waals surface area (Å²) in [4.78, 5) is 38.8. The Bertz CT molecular complexity index is 731. The third-order valence-electron chi connectivity index (χ3n) is 7.61.